The van der Waals surface area contributed by atoms with Crippen LogP contribution < -0.4 is 10.2 Å². The lowest BCUT2D eigenvalue weighted by atomic mass is 9.98. The molecular weight excluding hydrogens is 360 g/mol. The van der Waals surface area contributed by atoms with Crippen molar-refractivity contribution in [2.45, 2.75) is 46.1 Å². The molecule has 0 amide bonds. The highest BCUT2D eigenvalue weighted by molar-refractivity contribution is 7.91. The Morgan fingerprint density at radius 1 is 1.30 bits per heavy atom. The predicted molar refractivity (Wildman–Crippen MR) is 111 cm³/mol. The van der Waals surface area contributed by atoms with E-state index in [1.807, 2.05) is 13.0 Å². The molecule has 1 aromatic carbocycles. The smallest absolute Gasteiger partial charge is 0.229 e. The number of aromatic nitrogens is 2. The van der Waals surface area contributed by atoms with E-state index < -0.39 is 9.84 Å². The van der Waals surface area contributed by atoms with E-state index in [1.165, 1.54) is 5.56 Å². The molecule has 1 unspecified atom stereocenters. The molecule has 1 aliphatic rings. The molecule has 0 aliphatic carbocycles. The van der Waals surface area contributed by atoms with E-state index >= 15 is 0 Å². The summed E-state index contributed by atoms with van der Waals surface area (Å²) in [5.74, 6) is 2.13. The molecule has 1 atom stereocenters. The summed E-state index contributed by atoms with van der Waals surface area (Å²) in [5, 5.41) is 3.38. The summed E-state index contributed by atoms with van der Waals surface area (Å²) in [6.07, 6.45) is 2.38. The van der Waals surface area contributed by atoms with Crippen LogP contribution in [0.4, 0.5) is 17.5 Å². The number of rotatable bonds is 6. The van der Waals surface area contributed by atoms with Gasteiger partial charge >= 0.3 is 0 Å². The molecule has 0 saturated carbocycles. The van der Waals surface area contributed by atoms with Crippen LogP contribution in [0.3, 0.4) is 0 Å². The number of sulfone groups is 1. The molecule has 1 saturated heterocycles. The molecule has 1 aromatic heterocycles. The zero-order valence-corrected chi connectivity index (χ0v) is 17.3. The third-order valence-electron chi connectivity index (χ3n) is 5.09. The number of nitrogens with zero attached hydrogens (tertiary/aromatic N) is 3. The van der Waals surface area contributed by atoms with Gasteiger partial charge in [-0.15, -0.1) is 0 Å². The maximum Gasteiger partial charge on any atom is 0.229 e. The standard InChI is InChI=1S/C20H28N4O2S/c1-5-24(16-10-12-27(25,26)13-16)18-9-11-21-20(22-18)23-19-15(4)7-6-8-17(19)14(2)3/h6-9,11,14,16H,5,10,12-13H2,1-4H3,(H,21,22,23). The molecule has 1 N–H and O–H groups in total. The van der Waals surface area contributed by atoms with Crippen molar-refractivity contribution in [1.29, 1.82) is 0 Å². The van der Waals surface area contributed by atoms with E-state index in [0.29, 0.717) is 24.8 Å². The number of benzene rings is 1. The van der Waals surface area contributed by atoms with E-state index in [9.17, 15) is 8.42 Å². The quantitative estimate of drug-likeness (QED) is 0.814. The fourth-order valence-electron chi connectivity index (χ4n) is 3.65. The van der Waals surface area contributed by atoms with Crippen molar-refractivity contribution in [3.63, 3.8) is 0 Å². The zero-order valence-electron chi connectivity index (χ0n) is 16.4. The molecule has 27 heavy (non-hydrogen) atoms. The zero-order chi connectivity index (χ0) is 19.6. The Kier molecular flexibility index (Phi) is 5.69. The Bertz CT molecular complexity index is 912. The fraction of sp³-hybridized carbons (Fsp3) is 0.500. The Morgan fingerprint density at radius 2 is 2.07 bits per heavy atom. The third kappa shape index (κ3) is 4.40. The molecule has 2 heterocycles. The molecule has 0 spiro atoms. The van der Waals surface area contributed by atoms with Gasteiger partial charge in [0.25, 0.3) is 0 Å². The lowest BCUT2D eigenvalue weighted by Crippen LogP contribution is -2.36. The number of aryl methyl sites for hydroxylation is 1. The molecule has 2 aromatic rings. The minimum Gasteiger partial charge on any atom is -0.353 e. The van der Waals surface area contributed by atoms with Gasteiger partial charge in [0.2, 0.25) is 5.95 Å². The molecular formula is C20H28N4O2S. The SMILES string of the molecule is CCN(c1ccnc(Nc2c(C)cccc2C(C)C)n1)C1CCS(=O)(=O)C1. The Balaban J connectivity index is 1.88. The first-order chi connectivity index (χ1) is 12.8. The topological polar surface area (TPSA) is 75.2 Å². The second kappa shape index (κ2) is 7.84. The normalized spacial score (nSPS) is 18.6. The summed E-state index contributed by atoms with van der Waals surface area (Å²) in [6, 6.07) is 8.08. The van der Waals surface area contributed by atoms with Crippen molar-refractivity contribution in [3.8, 4) is 0 Å². The van der Waals surface area contributed by atoms with Crippen LogP contribution in [-0.2, 0) is 9.84 Å². The Labute approximate surface area is 162 Å². The number of hydrogen-bond donors (Lipinski definition) is 1. The summed E-state index contributed by atoms with van der Waals surface area (Å²) >= 11 is 0. The van der Waals surface area contributed by atoms with Crippen LogP contribution in [0.15, 0.2) is 30.5 Å². The van der Waals surface area contributed by atoms with Gasteiger partial charge in [0.15, 0.2) is 9.84 Å². The van der Waals surface area contributed by atoms with Gasteiger partial charge in [-0.2, -0.15) is 4.98 Å². The van der Waals surface area contributed by atoms with Crippen molar-refractivity contribution < 1.29 is 8.42 Å². The summed E-state index contributed by atoms with van der Waals surface area (Å²) in [4.78, 5) is 11.1. The van der Waals surface area contributed by atoms with Gasteiger partial charge in [-0.1, -0.05) is 32.0 Å². The van der Waals surface area contributed by atoms with Crippen molar-refractivity contribution in [3.05, 3.63) is 41.6 Å². The van der Waals surface area contributed by atoms with Gasteiger partial charge in [-0.05, 0) is 43.4 Å². The van der Waals surface area contributed by atoms with Crippen LogP contribution in [0.2, 0.25) is 0 Å². The molecule has 3 rings (SSSR count). The lowest BCUT2D eigenvalue weighted by molar-refractivity contribution is 0.599. The summed E-state index contributed by atoms with van der Waals surface area (Å²) in [6.45, 7) is 9.13. The van der Waals surface area contributed by atoms with E-state index in [-0.39, 0.29) is 17.5 Å². The molecule has 146 valence electrons. The Morgan fingerprint density at radius 3 is 2.70 bits per heavy atom. The first kappa shape index (κ1) is 19.6. The Hall–Kier alpha value is -2.15. The van der Waals surface area contributed by atoms with Crippen LogP contribution in [0, 0.1) is 6.92 Å². The van der Waals surface area contributed by atoms with Crippen LogP contribution in [0.5, 0.6) is 0 Å². The second-order valence-electron chi connectivity index (χ2n) is 7.40. The van der Waals surface area contributed by atoms with Gasteiger partial charge in [0, 0.05) is 24.5 Å². The van der Waals surface area contributed by atoms with E-state index in [4.69, 9.17) is 0 Å². The van der Waals surface area contributed by atoms with Gasteiger partial charge < -0.3 is 10.2 Å². The van der Waals surface area contributed by atoms with E-state index in [2.05, 4.69) is 59.2 Å². The summed E-state index contributed by atoms with van der Waals surface area (Å²) in [5.41, 5.74) is 3.40. The highest BCUT2D eigenvalue weighted by Gasteiger charge is 2.32. The van der Waals surface area contributed by atoms with Gasteiger partial charge in [0.1, 0.15) is 5.82 Å². The van der Waals surface area contributed by atoms with Crippen LogP contribution in [-0.4, -0.2) is 42.5 Å². The number of para-hydroxylation sites is 1. The summed E-state index contributed by atoms with van der Waals surface area (Å²) in [7, 11) is -2.94. The number of nitrogens with one attached hydrogen (secondary N) is 1. The average Bonchev–Trinajstić information content (AvgIpc) is 2.97. The predicted octanol–water partition coefficient (Wildman–Crippen LogP) is 3.67. The molecule has 0 radical (unpaired) electrons. The first-order valence-electron chi connectivity index (χ1n) is 9.47. The first-order valence-corrected chi connectivity index (χ1v) is 11.3. The molecule has 7 heteroatoms. The van der Waals surface area contributed by atoms with Crippen molar-refractivity contribution >= 4 is 27.3 Å². The van der Waals surface area contributed by atoms with Crippen LogP contribution >= 0.6 is 0 Å². The summed E-state index contributed by atoms with van der Waals surface area (Å²) < 4.78 is 23.7. The molecule has 6 nitrogen and oxygen atoms in total. The molecule has 1 fully saturated rings. The van der Waals surface area contributed by atoms with Gasteiger partial charge in [-0.25, -0.2) is 13.4 Å². The van der Waals surface area contributed by atoms with Crippen molar-refractivity contribution in [2.75, 3.05) is 28.3 Å². The van der Waals surface area contributed by atoms with E-state index in [1.54, 1.807) is 6.20 Å². The van der Waals surface area contributed by atoms with Crippen LogP contribution in [0.1, 0.15) is 44.2 Å². The molecule has 1 aliphatic heterocycles. The number of hydrogen-bond acceptors (Lipinski definition) is 6. The molecule has 0 bridgehead atoms. The highest BCUT2D eigenvalue weighted by atomic mass is 32.2. The van der Waals surface area contributed by atoms with Crippen LogP contribution in [0.25, 0.3) is 0 Å². The van der Waals surface area contributed by atoms with E-state index in [0.717, 1.165) is 17.1 Å². The van der Waals surface area contributed by atoms with Crippen molar-refractivity contribution in [1.82, 2.24) is 9.97 Å². The largest absolute Gasteiger partial charge is 0.353 e. The maximum absolute atomic E-state index is 11.9. The monoisotopic (exact) mass is 388 g/mol. The maximum atomic E-state index is 11.9. The second-order valence-corrected chi connectivity index (χ2v) is 9.63. The third-order valence-corrected chi connectivity index (χ3v) is 6.84. The van der Waals surface area contributed by atoms with Crippen molar-refractivity contribution in [2.24, 2.45) is 0 Å². The number of anilines is 3. The minimum atomic E-state index is -2.94. The lowest BCUT2D eigenvalue weighted by Gasteiger charge is -2.28. The van der Waals surface area contributed by atoms with Gasteiger partial charge in [-0.3, -0.25) is 0 Å². The highest BCUT2D eigenvalue weighted by Crippen LogP contribution is 2.30. The minimum absolute atomic E-state index is 0.0209. The average molecular weight is 389 g/mol. The van der Waals surface area contributed by atoms with Gasteiger partial charge in [0.05, 0.1) is 11.5 Å². The fourth-order valence-corrected chi connectivity index (χ4v) is 5.38.